The van der Waals surface area contributed by atoms with Gasteiger partial charge in [-0.05, 0) is 17.7 Å². The van der Waals surface area contributed by atoms with Gasteiger partial charge in [-0.2, -0.15) is 0 Å². The number of rotatable bonds is 6. The molecule has 0 saturated carbocycles. The summed E-state index contributed by atoms with van der Waals surface area (Å²) in [5.74, 6) is 0.00949. The van der Waals surface area contributed by atoms with Crippen LogP contribution in [0.3, 0.4) is 0 Å². The molecule has 23 heavy (non-hydrogen) atoms. The van der Waals surface area contributed by atoms with Crippen LogP contribution in [0.25, 0.3) is 0 Å². The molecule has 1 amide bonds. The number of carbonyl (C=O) groups excluding carboxylic acids is 1. The fourth-order valence-electron chi connectivity index (χ4n) is 2.25. The molecule has 1 aromatic heterocycles. The van der Waals surface area contributed by atoms with Crippen molar-refractivity contribution in [1.82, 2.24) is 4.98 Å². The first-order valence-corrected chi connectivity index (χ1v) is 8.23. The minimum Gasteiger partial charge on any atom is -0.352 e. The van der Waals surface area contributed by atoms with Gasteiger partial charge >= 0.3 is 0 Å². The van der Waals surface area contributed by atoms with E-state index in [1.807, 2.05) is 66.0 Å². The van der Waals surface area contributed by atoms with Crippen molar-refractivity contribution < 1.29 is 4.79 Å². The Balaban J connectivity index is 1.75. The molecule has 5 heteroatoms. The van der Waals surface area contributed by atoms with Gasteiger partial charge in [-0.3, -0.25) is 4.79 Å². The number of hydrogen-bond donors (Lipinski definition) is 1. The standard InChI is InChI=1S/C18H17N3OS/c22-17(13-20-18-19-11-12-23-18)21(16-9-5-2-6-10-16)14-15-7-3-1-4-8-15/h1-12H,13-14H2,(H,19,20). The average molecular weight is 323 g/mol. The molecule has 0 aliphatic heterocycles. The smallest absolute Gasteiger partial charge is 0.246 e. The van der Waals surface area contributed by atoms with E-state index in [0.29, 0.717) is 6.54 Å². The van der Waals surface area contributed by atoms with Crippen LogP contribution in [0.5, 0.6) is 0 Å². The molecule has 1 N–H and O–H groups in total. The van der Waals surface area contributed by atoms with Gasteiger partial charge in [0.15, 0.2) is 5.13 Å². The van der Waals surface area contributed by atoms with Crippen molar-refractivity contribution in [2.45, 2.75) is 6.54 Å². The maximum atomic E-state index is 12.7. The summed E-state index contributed by atoms with van der Waals surface area (Å²) in [6, 6.07) is 19.7. The molecule has 0 radical (unpaired) electrons. The number of nitrogens with zero attached hydrogens (tertiary/aromatic N) is 2. The van der Waals surface area contributed by atoms with Gasteiger partial charge in [-0.15, -0.1) is 11.3 Å². The predicted molar refractivity (Wildman–Crippen MR) is 94.7 cm³/mol. The fourth-order valence-corrected chi connectivity index (χ4v) is 2.78. The molecule has 0 unspecified atom stereocenters. The Labute approximate surface area is 139 Å². The second kappa shape index (κ2) is 7.56. The number of para-hydroxylation sites is 1. The van der Waals surface area contributed by atoms with Gasteiger partial charge in [-0.1, -0.05) is 48.5 Å². The zero-order chi connectivity index (χ0) is 15.9. The summed E-state index contributed by atoms with van der Waals surface area (Å²) in [4.78, 5) is 18.6. The minimum atomic E-state index is 0.00949. The number of aromatic nitrogens is 1. The van der Waals surface area contributed by atoms with Crippen molar-refractivity contribution in [3.63, 3.8) is 0 Å². The highest BCUT2D eigenvalue weighted by Crippen LogP contribution is 2.18. The topological polar surface area (TPSA) is 45.2 Å². The van der Waals surface area contributed by atoms with Crippen LogP contribution in [0.2, 0.25) is 0 Å². The molecule has 0 atom stereocenters. The SMILES string of the molecule is O=C(CNc1nccs1)N(Cc1ccccc1)c1ccccc1. The lowest BCUT2D eigenvalue weighted by Crippen LogP contribution is -2.35. The molecule has 0 aliphatic rings. The first-order valence-electron chi connectivity index (χ1n) is 7.35. The molecule has 0 spiro atoms. The zero-order valence-corrected chi connectivity index (χ0v) is 13.4. The maximum Gasteiger partial charge on any atom is 0.246 e. The number of anilines is 2. The second-order valence-corrected chi connectivity index (χ2v) is 5.89. The van der Waals surface area contributed by atoms with Gasteiger partial charge in [0, 0.05) is 17.3 Å². The van der Waals surface area contributed by atoms with Gasteiger partial charge in [0.25, 0.3) is 0 Å². The molecule has 4 nitrogen and oxygen atoms in total. The summed E-state index contributed by atoms with van der Waals surface area (Å²) in [5.41, 5.74) is 1.99. The normalized spacial score (nSPS) is 10.3. The maximum absolute atomic E-state index is 12.7. The van der Waals surface area contributed by atoms with Crippen molar-refractivity contribution in [3.05, 3.63) is 77.8 Å². The molecule has 0 bridgehead atoms. The second-order valence-electron chi connectivity index (χ2n) is 4.99. The van der Waals surface area contributed by atoms with Crippen LogP contribution in [-0.4, -0.2) is 17.4 Å². The van der Waals surface area contributed by atoms with Gasteiger partial charge in [0.1, 0.15) is 0 Å². The Kier molecular flexibility index (Phi) is 5.01. The first-order chi connectivity index (χ1) is 11.3. The number of nitrogens with one attached hydrogen (secondary N) is 1. The molecule has 0 aliphatic carbocycles. The van der Waals surface area contributed by atoms with Crippen LogP contribution in [0.4, 0.5) is 10.8 Å². The molecule has 0 fully saturated rings. The third-order valence-corrected chi connectivity index (χ3v) is 4.11. The lowest BCUT2D eigenvalue weighted by Gasteiger charge is -2.23. The third-order valence-electron chi connectivity index (χ3n) is 3.38. The van der Waals surface area contributed by atoms with Crippen molar-refractivity contribution >= 4 is 28.1 Å². The number of amides is 1. The molecule has 2 aromatic carbocycles. The van der Waals surface area contributed by atoms with E-state index in [-0.39, 0.29) is 12.5 Å². The van der Waals surface area contributed by atoms with Gasteiger partial charge in [-0.25, -0.2) is 4.98 Å². The Morgan fingerprint density at radius 3 is 2.39 bits per heavy atom. The summed E-state index contributed by atoms with van der Waals surface area (Å²) in [7, 11) is 0. The summed E-state index contributed by atoms with van der Waals surface area (Å²) < 4.78 is 0. The lowest BCUT2D eigenvalue weighted by atomic mass is 10.2. The predicted octanol–water partition coefficient (Wildman–Crippen LogP) is 3.79. The highest BCUT2D eigenvalue weighted by molar-refractivity contribution is 7.13. The monoisotopic (exact) mass is 323 g/mol. The first kappa shape index (κ1) is 15.2. The lowest BCUT2D eigenvalue weighted by molar-refractivity contribution is -0.117. The molecule has 3 rings (SSSR count). The number of hydrogen-bond acceptors (Lipinski definition) is 4. The van der Waals surface area contributed by atoms with Gasteiger partial charge < -0.3 is 10.2 Å². The molecular weight excluding hydrogens is 306 g/mol. The highest BCUT2D eigenvalue weighted by Gasteiger charge is 2.16. The van der Waals surface area contributed by atoms with E-state index in [0.717, 1.165) is 16.4 Å². The summed E-state index contributed by atoms with van der Waals surface area (Å²) >= 11 is 1.48. The van der Waals surface area contributed by atoms with Crippen LogP contribution in [0.15, 0.2) is 72.2 Å². The van der Waals surface area contributed by atoms with Crippen LogP contribution < -0.4 is 10.2 Å². The van der Waals surface area contributed by atoms with Crippen molar-refractivity contribution in [2.75, 3.05) is 16.8 Å². The van der Waals surface area contributed by atoms with E-state index in [4.69, 9.17) is 0 Å². The van der Waals surface area contributed by atoms with Crippen molar-refractivity contribution in [3.8, 4) is 0 Å². The highest BCUT2D eigenvalue weighted by atomic mass is 32.1. The van der Waals surface area contributed by atoms with Crippen molar-refractivity contribution in [1.29, 1.82) is 0 Å². The Bertz CT molecular complexity index is 729. The van der Waals surface area contributed by atoms with E-state index in [9.17, 15) is 4.79 Å². The number of thiazole rings is 1. The van der Waals surface area contributed by atoms with E-state index in [1.165, 1.54) is 11.3 Å². The van der Waals surface area contributed by atoms with Gasteiger partial charge in [0.2, 0.25) is 5.91 Å². The van der Waals surface area contributed by atoms with Crippen LogP contribution in [0.1, 0.15) is 5.56 Å². The third kappa shape index (κ3) is 4.17. The number of carbonyl (C=O) groups is 1. The summed E-state index contributed by atoms with van der Waals surface area (Å²) in [6.07, 6.45) is 1.72. The van der Waals surface area contributed by atoms with Crippen molar-refractivity contribution in [2.24, 2.45) is 0 Å². The summed E-state index contributed by atoms with van der Waals surface area (Å²) in [5, 5.41) is 5.71. The van der Waals surface area contributed by atoms with E-state index in [1.54, 1.807) is 11.1 Å². The fraction of sp³-hybridized carbons (Fsp3) is 0.111. The van der Waals surface area contributed by atoms with E-state index < -0.39 is 0 Å². The van der Waals surface area contributed by atoms with Crippen LogP contribution >= 0.6 is 11.3 Å². The van der Waals surface area contributed by atoms with Crippen LogP contribution in [-0.2, 0) is 11.3 Å². The Morgan fingerprint density at radius 2 is 1.74 bits per heavy atom. The number of benzene rings is 2. The minimum absolute atomic E-state index is 0.00949. The summed E-state index contributed by atoms with van der Waals surface area (Å²) in [6.45, 7) is 0.762. The Hall–Kier alpha value is -2.66. The zero-order valence-electron chi connectivity index (χ0n) is 12.6. The largest absolute Gasteiger partial charge is 0.352 e. The average Bonchev–Trinajstić information content (AvgIpc) is 3.13. The molecule has 1 heterocycles. The van der Waals surface area contributed by atoms with E-state index >= 15 is 0 Å². The molecular formula is C18H17N3OS. The molecule has 0 saturated heterocycles. The molecule has 116 valence electrons. The van der Waals surface area contributed by atoms with Gasteiger partial charge in [0.05, 0.1) is 13.1 Å². The van der Waals surface area contributed by atoms with Crippen LogP contribution in [0, 0.1) is 0 Å². The van der Waals surface area contributed by atoms with E-state index in [2.05, 4.69) is 10.3 Å². The Morgan fingerprint density at radius 1 is 1.04 bits per heavy atom. The quantitative estimate of drug-likeness (QED) is 0.751. The molecule has 3 aromatic rings.